The van der Waals surface area contributed by atoms with E-state index >= 15 is 0 Å². The minimum Gasteiger partial charge on any atom is -0.618 e. The molecule has 5 heteroatoms. The quantitative estimate of drug-likeness (QED) is 0.341. The molecule has 0 amide bonds. The van der Waals surface area contributed by atoms with Crippen LogP contribution in [0, 0.1) is 5.21 Å². The summed E-state index contributed by atoms with van der Waals surface area (Å²) in [4.78, 5) is 23.2. The molecular weight excluding hydrogens is 234 g/mol. The molecular formula is C13H15NO4. The highest BCUT2D eigenvalue weighted by atomic mass is 16.5. The van der Waals surface area contributed by atoms with Crippen molar-refractivity contribution in [2.24, 2.45) is 0 Å². The van der Waals surface area contributed by atoms with E-state index in [4.69, 9.17) is 0 Å². The van der Waals surface area contributed by atoms with Crippen molar-refractivity contribution >= 4 is 11.8 Å². The van der Waals surface area contributed by atoms with Gasteiger partial charge in [-0.2, -0.15) is 4.73 Å². The molecule has 0 saturated heterocycles. The van der Waals surface area contributed by atoms with E-state index in [1.807, 2.05) is 0 Å². The van der Waals surface area contributed by atoms with Gasteiger partial charge >= 0.3 is 11.7 Å². The summed E-state index contributed by atoms with van der Waals surface area (Å²) < 4.78 is 5.19. The number of fused-ring (bicyclic) bond motifs is 1. The maximum absolute atomic E-state index is 12.1. The number of carbonyl (C=O) groups excluding carboxylic acids is 2. The van der Waals surface area contributed by atoms with Crippen molar-refractivity contribution in [1.82, 2.24) is 0 Å². The van der Waals surface area contributed by atoms with Gasteiger partial charge in [-0.25, -0.2) is 4.79 Å². The Hall–Kier alpha value is -1.91. The first-order valence-electron chi connectivity index (χ1n) is 5.93. The molecule has 1 aliphatic carbocycles. The number of nitrogens with zero attached hydrogens (tertiary/aromatic N) is 1. The Morgan fingerprint density at radius 3 is 2.61 bits per heavy atom. The average Bonchev–Trinajstić information content (AvgIpc) is 2.38. The van der Waals surface area contributed by atoms with Crippen LogP contribution in [-0.4, -0.2) is 18.9 Å². The molecule has 5 nitrogen and oxygen atoms in total. The van der Waals surface area contributed by atoms with Gasteiger partial charge in [-0.1, -0.05) is 0 Å². The van der Waals surface area contributed by atoms with Gasteiger partial charge < -0.3 is 9.94 Å². The van der Waals surface area contributed by atoms with E-state index in [0.29, 0.717) is 28.8 Å². The van der Waals surface area contributed by atoms with Gasteiger partial charge in [0.15, 0.2) is 11.5 Å². The highest BCUT2D eigenvalue weighted by Gasteiger charge is 2.29. The fraction of sp³-hybridized carbons (Fsp3) is 0.462. The van der Waals surface area contributed by atoms with Gasteiger partial charge in [-0.15, -0.1) is 0 Å². The summed E-state index contributed by atoms with van der Waals surface area (Å²) in [6, 6.07) is 1.35. The first-order valence-corrected chi connectivity index (χ1v) is 5.93. The Morgan fingerprint density at radius 1 is 1.33 bits per heavy atom. The molecule has 0 N–H and O–H groups in total. The van der Waals surface area contributed by atoms with Gasteiger partial charge in [0.2, 0.25) is 0 Å². The van der Waals surface area contributed by atoms with Gasteiger partial charge in [0, 0.05) is 23.6 Å². The van der Waals surface area contributed by atoms with Crippen LogP contribution < -0.4 is 4.73 Å². The van der Waals surface area contributed by atoms with Crippen LogP contribution in [0.4, 0.5) is 0 Å². The van der Waals surface area contributed by atoms with Gasteiger partial charge in [0.25, 0.3) is 0 Å². The second kappa shape index (κ2) is 4.76. The topological polar surface area (TPSA) is 70.3 Å². The highest BCUT2D eigenvalue weighted by molar-refractivity contribution is 5.98. The predicted octanol–water partition coefficient (Wildman–Crippen LogP) is 1.19. The standard InChI is InChI=1S/C13H15NO4/c1-8(15)10-7-12(13(16)18-2)14(17)11-6-4-3-5-9(10)11/h7H,3-6H2,1-2H3. The maximum Gasteiger partial charge on any atom is 0.404 e. The van der Waals surface area contributed by atoms with E-state index in [-0.39, 0.29) is 11.5 Å². The smallest absolute Gasteiger partial charge is 0.404 e. The van der Waals surface area contributed by atoms with Crippen LogP contribution >= 0.6 is 0 Å². The number of hydrogen-bond acceptors (Lipinski definition) is 4. The molecule has 0 bridgehead atoms. The summed E-state index contributed by atoms with van der Waals surface area (Å²) >= 11 is 0. The Bertz CT molecular complexity index is 522. The molecule has 1 heterocycles. The third-order valence-corrected chi connectivity index (χ3v) is 3.28. The van der Waals surface area contributed by atoms with Crippen LogP contribution in [0.5, 0.6) is 0 Å². The minimum absolute atomic E-state index is 0.108. The molecule has 0 aliphatic heterocycles. The molecule has 96 valence electrons. The third-order valence-electron chi connectivity index (χ3n) is 3.28. The molecule has 2 rings (SSSR count). The summed E-state index contributed by atoms with van der Waals surface area (Å²) in [5.41, 5.74) is 1.69. The lowest BCUT2D eigenvalue weighted by Gasteiger charge is -2.18. The Labute approximate surface area is 105 Å². The van der Waals surface area contributed by atoms with Crippen LogP contribution in [0.1, 0.15) is 51.9 Å². The SMILES string of the molecule is COC(=O)c1cc(C(C)=O)c2c([n+]1[O-])CCCC2. The molecule has 0 atom stereocenters. The molecule has 0 saturated carbocycles. The molecule has 0 spiro atoms. The molecule has 18 heavy (non-hydrogen) atoms. The zero-order chi connectivity index (χ0) is 13.3. The zero-order valence-corrected chi connectivity index (χ0v) is 10.5. The average molecular weight is 249 g/mol. The number of ketones is 1. The fourth-order valence-corrected chi connectivity index (χ4v) is 2.39. The first-order chi connectivity index (χ1) is 8.56. The second-order valence-corrected chi connectivity index (χ2v) is 4.42. The van der Waals surface area contributed by atoms with E-state index in [1.54, 1.807) is 0 Å². The summed E-state index contributed by atoms with van der Waals surface area (Å²) in [6.07, 6.45) is 3.18. The van der Waals surface area contributed by atoms with Gasteiger partial charge in [-0.05, 0) is 26.2 Å². The number of hydrogen-bond donors (Lipinski definition) is 0. The van der Waals surface area contributed by atoms with Crippen molar-refractivity contribution in [2.45, 2.75) is 32.6 Å². The highest BCUT2D eigenvalue weighted by Crippen LogP contribution is 2.23. The Balaban J connectivity index is 2.68. The minimum atomic E-state index is -0.708. The molecule has 0 aromatic carbocycles. The molecule has 1 aromatic rings. The number of methoxy groups -OCH3 is 1. The lowest BCUT2D eigenvalue weighted by atomic mass is 9.90. The Kier molecular flexibility index (Phi) is 3.32. The predicted molar refractivity (Wildman–Crippen MR) is 63.4 cm³/mol. The molecule has 1 aromatic heterocycles. The monoisotopic (exact) mass is 249 g/mol. The number of ether oxygens (including phenoxy) is 1. The fourth-order valence-electron chi connectivity index (χ4n) is 2.39. The molecule has 1 aliphatic rings. The lowest BCUT2D eigenvalue weighted by molar-refractivity contribution is -0.617. The van der Waals surface area contributed by atoms with E-state index < -0.39 is 5.97 Å². The number of esters is 1. The third kappa shape index (κ3) is 1.96. The number of pyridine rings is 1. The van der Waals surface area contributed by atoms with Crippen molar-refractivity contribution in [3.05, 3.63) is 33.8 Å². The van der Waals surface area contributed by atoms with E-state index in [1.165, 1.54) is 20.1 Å². The normalized spacial score (nSPS) is 13.9. The number of rotatable bonds is 2. The van der Waals surface area contributed by atoms with Crippen molar-refractivity contribution in [3.8, 4) is 0 Å². The van der Waals surface area contributed by atoms with Crippen molar-refractivity contribution in [3.63, 3.8) is 0 Å². The van der Waals surface area contributed by atoms with Crippen LogP contribution in [0.2, 0.25) is 0 Å². The van der Waals surface area contributed by atoms with Crippen LogP contribution in [0.3, 0.4) is 0 Å². The summed E-state index contributed by atoms with van der Waals surface area (Å²) in [5, 5.41) is 12.1. The van der Waals surface area contributed by atoms with Gasteiger partial charge in [0.05, 0.1) is 7.11 Å². The zero-order valence-electron chi connectivity index (χ0n) is 10.5. The van der Waals surface area contributed by atoms with Crippen LogP contribution in [-0.2, 0) is 17.6 Å². The Morgan fingerprint density at radius 2 is 2.00 bits per heavy atom. The lowest BCUT2D eigenvalue weighted by Crippen LogP contribution is -2.42. The van der Waals surface area contributed by atoms with Crippen molar-refractivity contribution < 1.29 is 19.1 Å². The largest absolute Gasteiger partial charge is 0.618 e. The van der Waals surface area contributed by atoms with Crippen LogP contribution in [0.25, 0.3) is 0 Å². The van der Waals surface area contributed by atoms with Gasteiger partial charge in [0.1, 0.15) is 0 Å². The number of Topliss-reactive ketones (excluding diaryl/α,β-unsaturated/α-hetero) is 1. The van der Waals surface area contributed by atoms with Crippen molar-refractivity contribution in [1.29, 1.82) is 0 Å². The van der Waals surface area contributed by atoms with Crippen LogP contribution in [0.15, 0.2) is 6.07 Å². The van der Waals surface area contributed by atoms with Crippen molar-refractivity contribution in [2.75, 3.05) is 7.11 Å². The molecule has 0 unspecified atom stereocenters. The first kappa shape index (κ1) is 12.5. The van der Waals surface area contributed by atoms with E-state index in [0.717, 1.165) is 18.4 Å². The van der Waals surface area contributed by atoms with Gasteiger partial charge in [-0.3, -0.25) is 4.79 Å². The molecule has 0 radical (unpaired) electrons. The maximum atomic E-state index is 12.1. The summed E-state index contributed by atoms with van der Waals surface area (Å²) in [7, 11) is 1.22. The van der Waals surface area contributed by atoms with E-state index in [2.05, 4.69) is 4.74 Å². The summed E-state index contributed by atoms with van der Waals surface area (Å²) in [6.45, 7) is 1.44. The molecule has 0 fully saturated rings. The van der Waals surface area contributed by atoms with E-state index in [9.17, 15) is 14.8 Å². The number of carbonyl (C=O) groups is 2. The number of aromatic nitrogens is 1. The second-order valence-electron chi connectivity index (χ2n) is 4.42. The summed E-state index contributed by atoms with van der Waals surface area (Å²) in [5.74, 6) is -0.834.